The van der Waals surface area contributed by atoms with Gasteiger partial charge >= 0.3 is 6.03 Å². The summed E-state index contributed by atoms with van der Waals surface area (Å²) in [6.07, 6.45) is 3.21. The van der Waals surface area contributed by atoms with Crippen molar-refractivity contribution >= 4 is 44.1 Å². The number of carbonyl (C=O) groups excluding carboxylic acids is 1. The van der Waals surface area contributed by atoms with Crippen LogP contribution in [0.5, 0.6) is 5.75 Å². The molecule has 1 aliphatic rings. The fourth-order valence-electron chi connectivity index (χ4n) is 2.96. The van der Waals surface area contributed by atoms with Crippen molar-refractivity contribution in [2.45, 2.75) is 26.2 Å². The number of aryl methyl sites for hydroxylation is 1. The first-order chi connectivity index (χ1) is 12.6. The Kier molecular flexibility index (Phi) is 6.37. The van der Waals surface area contributed by atoms with Gasteiger partial charge in [-0.05, 0) is 37.5 Å². The van der Waals surface area contributed by atoms with E-state index in [4.69, 9.17) is 4.74 Å². The van der Waals surface area contributed by atoms with E-state index in [1.165, 1.54) is 12.8 Å². The highest BCUT2D eigenvalue weighted by molar-refractivity contribution is 9.10. The van der Waals surface area contributed by atoms with Gasteiger partial charge in [0.05, 0.1) is 18.5 Å². The topological polar surface area (TPSA) is 66.5 Å². The zero-order valence-electron chi connectivity index (χ0n) is 15.0. The summed E-state index contributed by atoms with van der Waals surface area (Å²) in [6.45, 7) is 4.66. The molecule has 6 nitrogen and oxygen atoms in total. The number of hydrogen-bond donors (Lipinski definition) is 2. The van der Waals surface area contributed by atoms with Gasteiger partial charge in [-0.2, -0.15) is 0 Å². The average Bonchev–Trinajstić information content (AvgIpc) is 3.28. The minimum atomic E-state index is -0.247. The van der Waals surface area contributed by atoms with E-state index < -0.39 is 0 Å². The number of hydrogen-bond acceptors (Lipinski definition) is 5. The Morgan fingerprint density at radius 3 is 2.88 bits per heavy atom. The molecule has 8 heteroatoms. The maximum atomic E-state index is 12.2. The van der Waals surface area contributed by atoms with Crippen molar-refractivity contribution in [3.63, 3.8) is 0 Å². The van der Waals surface area contributed by atoms with Crippen LogP contribution in [-0.2, 0) is 6.42 Å². The molecule has 1 aliphatic heterocycles. The summed E-state index contributed by atoms with van der Waals surface area (Å²) in [5.41, 5.74) is 2.63. The molecule has 3 rings (SSSR count). The highest BCUT2D eigenvalue weighted by Gasteiger charge is 2.16. The third-order valence-corrected chi connectivity index (χ3v) is 5.71. The molecule has 0 spiro atoms. The van der Waals surface area contributed by atoms with Crippen molar-refractivity contribution in [1.82, 2.24) is 10.3 Å². The van der Waals surface area contributed by atoms with Crippen LogP contribution in [0.2, 0.25) is 0 Å². The van der Waals surface area contributed by atoms with Gasteiger partial charge in [-0.25, -0.2) is 9.78 Å². The van der Waals surface area contributed by atoms with E-state index in [2.05, 4.69) is 41.8 Å². The van der Waals surface area contributed by atoms with Crippen LogP contribution in [0.25, 0.3) is 0 Å². The summed E-state index contributed by atoms with van der Waals surface area (Å²) >= 11 is 5.11. The van der Waals surface area contributed by atoms with E-state index >= 15 is 0 Å². The third kappa shape index (κ3) is 4.67. The zero-order chi connectivity index (χ0) is 18.5. The summed E-state index contributed by atoms with van der Waals surface area (Å²) in [6, 6.07) is 3.52. The van der Waals surface area contributed by atoms with E-state index in [1.807, 2.05) is 19.1 Å². The summed E-state index contributed by atoms with van der Waals surface area (Å²) < 4.78 is 6.26. The number of aromatic nitrogens is 1. The van der Waals surface area contributed by atoms with Crippen molar-refractivity contribution < 1.29 is 9.53 Å². The molecule has 0 bridgehead atoms. The molecule has 1 aromatic heterocycles. The minimum Gasteiger partial charge on any atom is -0.495 e. The second-order valence-corrected chi connectivity index (χ2v) is 8.00. The summed E-state index contributed by atoms with van der Waals surface area (Å²) in [5, 5.41) is 8.93. The van der Waals surface area contributed by atoms with Gasteiger partial charge in [0.25, 0.3) is 0 Å². The number of thiazole rings is 1. The van der Waals surface area contributed by atoms with Gasteiger partial charge < -0.3 is 20.3 Å². The number of urea groups is 1. The van der Waals surface area contributed by atoms with E-state index in [9.17, 15) is 4.79 Å². The number of halogens is 1. The maximum absolute atomic E-state index is 12.2. The first-order valence-corrected chi connectivity index (χ1v) is 10.3. The molecule has 0 aliphatic carbocycles. The third-order valence-electron chi connectivity index (χ3n) is 4.31. The molecule has 1 saturated heterocycles. The van der Waals surface area contributed by atoms with E-state index in [1.54, 1.807) is 18.4 Å². The van der Waals surface area contributed by atoms with Crippen LogP contribution in [0.3, 0.4) is 0 Å². The number of carbonyl (C=O) groups is 1. The van der Waals surface area contributed by atoms with Crippen molar-refractivity contribution in [1.29, 1.82) is 0 Å². The number of benzene rings is 1. The molecule has 0 saturated carbocycles. The van der Waals surface area contributed by atoms with Gasteiger partial charge in [0.1, 0.15) is 5.75 Å². The molecule has 2 amide bonds. The molecule has 2 aromatic rings. The Hall–Kier alpha value is -1.80. The number of ether oxygens (including phenoxy) is 1. The first kappa shape index (κ1) is 19.0. The molecule has 1 aromatic carbocycles. The molecule has 140 valence electrons. The van der Waals surface area contributed by atoms with Crippen LogP contribution in [0, 0.1) is 6.92 Å². The van der Waals surface area contributed by atoms with Crippen LogP contribution in [-0.4, -0.2) is 37.8 Å². The van der Waals surface area contributed by atoms with Crippen molar-refractivity contribution in [2.75, 3.05) is 37.0 Å². The predicted octanol–water partition coefficient (Wildman–Crippen LogP) is 4.19. The molecular formula is C18H23BrN4O2S. The second-order valence-electron chi connectivity index (χ2n) is 6.25. The Morgan fingerprint density at radius 1 is 1.38 bits per heavy atom. The second kappa shape index (κ2) is 8.73. The number of rotatable bonds is 6. The smallest absolute Gasteiger partial charge is 0.319 e. The van der Waals surface area contributed by atoms with Crippen LogP contribution in [0.1, 0.15) is 24.1 Å². The van der Waals surface area contributed by atoms with Crippen LogP contribution in [0.4, 0.5) is 15.6 Å². The van der Waals surface area contributed by atoms with Crippen molar-refractivity contribution in [3.8, 4) is 5.75 Å². The predicted molar refractivity (Wildman–Crippen MR) is 110 cm³/mol. The number of nitrogens with zero attached hydrogens (tertiary/aromatic N) is 2. The van der Waals surface area contributed by atoms with Gasteiger partial charge in [0.15, 0.2) is 5.13 Å². The largest absolute Gasteiger partial charge is 0.495 e. The Bertz CT molecular complexity index is 775. The van der Waals surface area contributed by atoms with Crippen molar-refractivity contribution in [3.05, 3.63) is 33.2 Å². The van der Waals surface area contributed by atoms with Gasteiger partial charge in [-0.1, -0.05) is 15.9 Å². The van der Waals surface area contributed by atoms with E-state index in [-0.39, 0.29) is 6.03 Å². The van der Waals surface area contributed by atoms with Crippen LogP contribution < -0.4 is 20.3 Å². The Balaban J connectivity index is 1.50. The SMILES string of the molecule is COc1cc(Br)cc(C)c1NC(=O)NCCc1csc(N2CCCC2)n1. The lowest BCUT2D eigenvalue weighted by Crippen LogP contribution is -2.31. The lowest BCUT2D eigenvalue weighted by atomic mass is 10.2. The van der Waals surface area contributed by atoms with Gasteiger partial charge in [0, 0.05) is 35.9 Å². The monoisotopic (exact) mass is 438 g/mol. The molecular weight excluding hydrogens is 416 g/mol. The molecule has 26 heavy (non-hydrogen) atoms. The highest BCUT2D eigenvalue weighted by atomic mass is 79.9. The Morgan fingerprint density at radius 2 is 2.15 bits per heavy atom. The fourth-order valence-corrected chi connectivity index (χ4v) is 4.43. The molecule has 1 fully saturated rings. The summed E-state index contributed by atoms with van der Waals surface area (Å²) in [5.74, 6) is 0.627. The number of anilines is 2. The summed E-state index contributed by atoms with van der Waals surface area (Å²) in [7, 11) is 1.59. The van der Waals surface area contributed by atoms with E-state index in [0.717, 1.165) is 34.0 Å². The lowest BCUT2D eigenvalue weighted by molar-refractivity contribution is 0.252. The molecule has 0 atom stereocenters. The Labute approximate surface area is 166 Å². The zero-order valence-corrected chi connectivity index (χ0v) is 17.4. The van der Waals surface area contributed by atoms with Gasteiger partial charge in [0.2, 0.25) is 0 Å². The number of methoxy groups -OCH3 is 1. The fraction of sp³-hybridized carbons (Fsp3) is 0.444. The molecule has 2 heterocycles. The van der Waals surface area contributed by atoms with Gasteiger partial charge in [-0.15, -0.1) is 11.3 Å². The quantitative estimate of drug-likeness (QED) is 0.709. The van der Waals surface area contributed by atoms with Crippen LogP contribution >= 0.6 is 27.3 Å². The van der Waals surface area contributed by atoms with Crippen molar-refractivity contribution in [2.24, 2.45) is 0 Å². The standard InChI is InChI=1S/C18H23BrN4O2S/c1-12-9-13(19)10-15(25-2)16(12)22-17(24)20-6-5-14-11-26-18(21-14)23-7-3-4-8-23/h9-11H,3-8H2,1-2H3,(H2,20,22,24). The first-order valence-electron chi connectivity index (χ1n) is 8.65. The number of amides is 2. The van der Waals surface area contributed by atoms with E-state index in [0.29, 0.717) is 24.4 Å². The number of nitrogens with one attached hydrogen (secondary N) is 2. The average molecular weight is 439 g/mol. The normalized spacial score (nSPS) is 13.7. The summed E-state index contributed by atoms with van der Waals surface area (Å²) in [4.78, 5) is 19.2. The minimum absolute atomic E-state index is 0.247. The van der Waals surface area contributed by atoms with Crippen LogP contribution in [0.15, 0.2) is 22.0 Å². The molecule has 0 unspecified atom stereocenters. The lowest BCUT2D eigenvalue weighted by Gasteiger charge is -2.14. The maximum Gasteiger partial charge on any atom is 0.319 e. The molecule has 2 N–H and O–H groups in total. The molecule has 0 radical (unpaired) electrons. The van der Waals surface area contributed by atoms with Gasteiger partial charge in [-0.3, -0.25) is 0 Å². The highest BCUT2D eigenvalue weighted by Crippen LogP contribution is 2.32.